The molecule has 0 radical (unpaired) electrons. The van der Waals surface area contributed by atoms with Crippen molar-refractivity contribution in [3.63, 3.8) is 0 Å². The summed E-state index contributed by atoms with van der Waals surface area (Å²) < 4.78 is 32.7. The zero-order valence-corrected chi connectivity index (χ0v) is 16.9. The molecule has 0 aliphatic rings. The zero-order valence-electron chi connectivity index (χ0n) is 14.5. The first kappa shape index (κ1) is 20.8. The number of esters is 1. The van der Waals surface area contributed by atoms with E-state index in [4.69, 9.17) is 4.74 Å². The number of carbonyl (C=O) groups excluding carboxylic acids is 1. The third-order valence-corrected chi connectivity index (χ3v) is 5.80. The van der Waals surface area contributed by atoms with E-state index in [9.17, 15) is 23.3 Å². The van der Waals surface area contributed by atoms with Gasteiger partial charge in [-0.1, -0.05) is 18.2 Å². The lowest BCUT2D eigenvalue weighted by Gasteiger charge is -2.25. The van der Waals surface area contributed by atoms with Gasteiger partial charge in [0.05, 0.1) is 21.6 Å². The number of hydrogen-bond acceptors (Lipinski definition) is 6. The fraction of sp³-hybridized carbons (Fsp3) is 0.235. The summed E-state index contributed by atoms with van der Waals surface area (Å²) in [6.07, 6.45) is -0.418. The standard InChI is InChI=1S/C17H17BrN2O6S/c1-12(2)26-17(21)11-19(16-9-4-3-8-15(16)18)27(24,25)14-7-5-6-13(10-14)20(22)23/h3-10,12H,11H2,1-2H3. The summed E-state index contributed by atoms with van der Waals surface area (Å²) in [7, 11) is -4.27. The van der Waals surface area contributed by atoms with Gasteiger partial charge in [-0.25, -0.2) is 8.42 Å². The minimum Gasteiger partial charge on any atom is -0.462 e. The van der Waals surface area contributed by atoms with E-state index in [1.165, 1.54) is 24.3 Å². The quantitative estimate of drug-likeness (QED) is 0.358. The highest BCUT2D eigenvalue weighted by Gasteiger charge is 2.30. The molecule has 10 heteroatoms. The lowest BCUT2D eigenvalue weighted by molar-refractivity contribution is -0.385. The van der Waals surface area contributed by atoms with Crippen LogP contribution in [-0.4, -0.2) is 32.0 Å². The molecule has 2 aromatic carbocycles. The van der Waals surface area contributed by atoms with Crippen molar-refractivity contribution < 1.29 is 22.9 Å². The number of rotatable bonds is 7. The molecule has 27 heavy (non-hydrogen) atoms. The molecule has 0 aromatic heterocycles. The van der Waals surface area contributed by atoms with Gasteiger partial charge in [-0.05, 0) is 48.0 Å². The van der Waals surface area contributed by atoms with E-state index in [0.717, 1.165) is 10.4 Å². The van der Waals surface area contributed by atoms with E-state index in [0.29, 0.717) is 4.47 Å². The molecule has 0 fully saturated rings. The molecule has 0 N–H and O–H groups in total. The van der Waals surface area contributed by atoms with Gasteiger partial charge in [-0.2, -0.15) is 0 Å². The van der Waals surface area contributed by atoms with E-state index >= 15 is 0 Å². The highest BCUT2D eigenvalue weighted by atomic mass is 79.9. The molecule has 0 heterocycles. The Morgan fingerprint density at radius 2 is 1.89 bits per heavy atom. The number of benzene rings is 2. The Balaban J connectivity index is 2.55. The second kappa shape index (κ2) is 8.49. The smallest absolute Gasteiger partial charge is 0.327 e. The Morgan fingerprint density at radius 3 is 2.48 bits per heavy atom. The Morgan fingerprint density at radius 1 is 1.22 bits per heavy atom. The second-order valence-corrected chi connectivity index (χ2v) is 8.47. The fourth-order valence-electron chi connectivity index (χ4n) is 2.26. The number of nitro benzene ring substituents is 1. The van der Waals surface area contributed by atoms with Gasteiger partial charge >= 0.3 is 5.97 Å². The summed E-state index contributed by atoms with van der Waals surface area (Å²) in [5, 5.41) is 11.0. The maximum absolute atomic E-state index is 13.2. The average Bonchev–Trinajstić information content (AvgIpc) is 2.60. The van der Waals surface area contributed by atoms with Crippen molar-refractivity contribution in [2.75, 3.05) is 10.8 Å². The summed E-state index contributed by atoms with van der Waals surface area (Å²) in [6.45, 7) is 2.72. The molecule has 0 amide bonds. The van der Waals surface area contributed by atoms with Crippen LogP contribution in [0.5, 0.6) is 0 Å². The molecule has 0 spiro atoms. The van der Waals surface area contributed by atoms with Gasteiger partial charge in [-0.3, -0.25) is 19.2 Å². The van der Waals surface area contributed by atoms with Gasteiger partial charge in [0, 0.05) is 16.6 Å². The number of anilines is 1. The molecule has 2 aromatic rings. The van der Waals surface area contributed by atoms with Crippen LogP contribution < -0.4 is 4.31 Å². The van der Waals surface area contributed by atoms with E-state index in [1.807, 2.05) is 0 Å². The summed E-state index contributed by atoms with van der Waals surface area (Å²) in [5.74, 6) is -0.741. The second-order valence-electron chi connectivity index (χ2n) is 5.76. The summed E-state index contributed by atoms with van der Waals surface area (Å²) in [5.41, 5.74) is -0.155. The lowest BCUT2D eigenvalue weighted by atomic mass is 10.3. The Hall–Kier alpha value is -2.46. The molecule has 0 bridgehead atoms. The van der Waals surface area contributed by atoms with Crippen LogP contribution in [0.25, 0.3) is 0 Å². The van der Waals surface area contributed by atoms with Crippen LogP contribution in [0.3, 0.4) is 0 Å². The molecule has 8 nitrogen and oxygen atoms in total. The van der Waals surface area contributed by atoms with Crippen molar-refractivity contribution in [3.8, 4) is 0 Å². The van der Waals surface area contributed by atoms with Gasteiger partial charge in [0.2, 0.25) is 0 Å². The molecule has 0 saturated carbocycles. The molecule has 0 atom stereocenters. The van der Waals surface area contributed by atoms with Crippen LogP contribution in [0.2, 0.25) is 0 Å². The maximum atomic E-state index is 13.2. The molecule has 0 unspecified atom stereocenters. The zero-order chi connectivity index (χ0) is 20.2. The number of ether oxygens (including phenoxy) is 1. The van der Waals surface area contributed by atoms with Crippen molar-refractivity contribution in [2.24, 2.45) is 0 Å². The molecular formula is C17H17BrN2O6S. The van der Waals surface area contributed by atoms with Crippen molar-refractivity contribution >= 4 is 43.3 Å². The number of non-ortho nitro benzene ring substituents is 1. The number of sulfonamides is 1. The third-order valence-electron chi connectivity index (χ3n) is 3.38. The minimum absolute atomic E-state index is 0.213. The summed E-state index contributed by atoms with van der Waals surface area (Å²) in [4.78, 5) is 22.2. The predicted molar refractivity (Wildman–Crippen MR) is 103 cm³/mol. The van der Waals surface area contributed by atoms with Crippen LogP contribution in [0.1, 0.15) is 13.8 Å². The van der Waals surface area contributed by atoms with Crippen LogP contribution in [0.15, 0.2) is 57.9 Å². The average molecular weight is 457 g/mol. The first-order chi connectivity index (χ1) is 12.6. The number of para-hydroxylation sites is 1. The summed E-state index contributed by atoms with van der Waals surface area (Å²) >= 11 is 3.27. The van der Waals surface area contributed by atoms with E-state index in [1.54, 1.807) is 32.0 Å². The van der Waals surface area contributed by atoms with Crippen molar-refractivity contribution in [1.82, 2.24) is 0 Å². The number of halogens is 1. The highest BCUT2D eigenvalue weighted by molar-refractivity contribution is 9.10. The molecule has 144 valence electrons. The normalized spacial score (nSPS) is 11.3. The maximum Gasteiger partial charge on any atom is 0.327 e. The van der Waals surface area contributed by atoms with Gasteiger partial charge in [0.25, 0.3) is 15.7 Å². The van der Waals surface area contributed by atoms with E-state index in [-0.39, 0.29) is 16.3 Å². The largest absolute Gasteiger partial charge is 0.462 e. The highest BCUT2D eigenvalue weighted by Crippen LogP contribution is 2.31. The van der Waals surface area contributed by atoms with Crippen LogP contribution in [0.4, 0.5) is 11.4 Å². The first-order valence-corrected chi connectivity index (χ1v) is 10.1. The SMILES string of the molecule is CC(C)OC(=O)CN(c1ccccc1Br)S(=O)(=O)c1cccc([N+](=O)[O-])c1. The van der Waals surface area contributed by atoms with Gasteiger partial charge in [0.1, 0.15) is 6.54 Å². The van der Waals surface area contributed by atoms with Crippen molar-refractivity contribution in [1.29, 1.82) is 0 Å². The van der Waals surface area contributed by atoms with E-state index in [2.05, 4.69) is 15.9 Å². The summed E-state index contributed by atoms with van der Waals surface area (Å²) in [6, 6.07) is 11.1. The molecule has 0 saturated heterocycles. The van der Waals surface area contributed by atoms with Gasteiger partial charge in [-0.15, -0.1) is 0 Å². The van der Waals surface area contributed by atoms with Crippen LogP contribution in [0, 0.1) is 10.1 Å². The Kier molecular flexibility index (Phi) is 6.55. The molecular weight excluding hydrogens is 440 g/mol. The van der Waals surface area contributed by atoms with Gasteiger partial charge < -0.3 is 4.74 Å². The number of carbonyl (C=O) groups is 1. The van der Waals surface area contributed by atoms with Gasteiger partial charge in [0.15, 0.2) is 0 Å². The van der Waals surface area contributed by atoms with Crippen LogP contribution in [-0.2, 0) is 19.6 Å². The predicted octanol–water partition coefficient (Wildman–Crippen LogP) is 3.50. The molecule has 0 aliphatic carbocycles. The lowest BCUT2D eigenvalue weighted by Crippen LogP contribution is -2.37. The monoisotopic (exact) mass is 456 g/mol. The minimum atomic E-state index is -4.27. The fourth-order valence-corrected chi connectivity index (χ4v) is 4.34. The molecule has 0 aliphatic heterocycles. The Labute approximate surface area is 165 Å². The molecule has 2 rings (SSSR count). The number of nitro groups is 1. The van der Waals surface area contributed by atoms with Crippen molar-refractivity contribution in [2.45, 2.75) is 24.8 Å². The van der Waals surface area contributed by atoms with E-state index < -0.39 is 33.6 Å². The van der Waals surface area contributed by atoms with Crippen molar-refractivity contribution in [3.05, 3.63) is 63.1 Å². The topological polar surface area (TPSA) is 107 Å². The first-order valence-electron chi connectivity index (χ1n) is 7.84. The third kappa shape index (κ3) is 5.04. The van der Waals surface area contributed by atoms with Crippen LogP contribution >= 0.6 is 15.9 Å². The Bertz CT molecular complexity index is 961. The number of hydrogen-bond donors (Lipinski definition) is 0. The number of nitrogens with zero attached hydrogens (tertiary/aromatic N) is 2.